The second-order valence-corrected chi connectivity index (χ2v) is 8.24. The number of aromatic amines is 2. The number of H-pyrrole nitrogens is 2. The number of amides is 1. The van der Waals surface area contributed by atoms with Crippen molar-refractivity contribution in [3.8, 4) is 22.6 Å². The first kappa shape index (κ1) is 18.7. The molecule has 0 saturated heterocycles. The minimum Gasteiger partial charge on any atom is -0.335 e. The van der Waals surface area contributed by atoms with E-state index in [1.165, 1.54) is 0 Å². The van der Waals surface area contributed by atoms with Crippen LogP contribution in [0, 0.1) is 5.92 Å². The zero-order chi connectivity index (χ0) is 21.5. The molecule has 1 aromatic carbocycles. The van der Waals surface area contributed by atoms with Crippen LogP contribution in [0.1, 0.15) is 25.7 Å². The number of aromatic nitrogens is 6. The molecule has 0 spiro atoms. The van der Waals surface area contributed by atoms with Gasteiger partial charge in [0, 0.05) is 29.3 Å². The second kappa shape index (κ2) is 7.56. The highest BCUT2D eigenvalue weighted by molar-refractivity contribution is 5.96. The number of imidazole rings is 1. The van der Waals surface area contributed by atoms with Gasteiger partial charge in [-0.25, -0.2) is 4.98 Å². The van der Waals surface area contributed by atoms with Crippen LogP contribution in [0.3, 0.4) is 0 Å². The average molecular weight is 423 g/mol. The first-order valence-electron chi connectivity index (χ1n) is 10.8. The number of fused-ring (bicyclic) bond motifs is 2. The third kappa shape index (κ3) is 3.30. The number of nitrogens with one attached hydrogen (secondary N) is 3. The van der Waals surface area contributed by atoms with Crippen LogP contribution in [-0.4, -0.2) is 36.0 Å². The fourth-order valence-electron chi connectivity index (χ4n) is 4.44. The summed E-state index contributed by atoms with van der Waals surface area (Å²) in [7, 11) is 0. The maximum Gasteiger partial charge on any atom is 0.227 e. The lowest BCUT2D eigenvalue weighted by Crippen LogP contribution is -2.20. The number of nitrogens with zero attached hydrogens (tertiary/aromatic N) is 4. The van der Waals surface area contributed by atoms with Crippen LogP contribution in [0.2, 0.25) is 0 Å². The molecule has 0 bridgehead atoms. The molecule has 0 atom stereocenters. The first-order valence-corrected chi connectivity index (χ1v) is 10.8. The number of carbonyl (C=O) groups excluding carboxylic acids is 1. The lowest BCUT2D eigenvalue weighted by atomic mass is 10.0. The van der Waals surface area contributed by atoms with Gasteiger partial charge in [0.2, 0.25) is 5.91 Å². The van der Waals surface area contributed by atoms with E-state index in [1.54, 1.807) is 24.8 Å². The molecule has 1 aliphatic carbocycles. The van der Waals surface area contributed by atoms with E-state index in [0.29, 0.717) is 5.82 Å². The summed E-state index contributed by atoms with van der Waals surface area (Å²) in [5, 5.41) is 11.6. The standard InChI is InChI=1S/C24H21N7O/c32-24(14-3-1-2-4-14)27-17-9-16(11-26-12-17)15-5-6-19-18(10-15)22(31-30-19)23-28-20-7-8-25-13-21(20)29-23/h5-14H,1-4H2,(H,27,32)(H,28,29)(H,30,31). The Hall–Kier alpha value is -4.07. The van der Waals surface area contributed by atoms with E-state index >= 15 is 0 Å². The molecule has 1 saturated carbocycles. The van der Waals surface area contributed by atoms with Gasteiger partial charge in [-0.1, -0.05) is 18.9 Å². The van der Waals surface area contributed by atoms with Gasteiger partial charge in [-0.15, -0.1) is 0 Å². The SMILES string of the molecule is O=C(Nc1cncc(-c2ccc3[nH]nc(-c4nc5ccncc5[nH]4)c3c2)c1)C1CCCC1. The maximum atomic E-state index is 12.5. The number of hydrogen-bond acceptors (Lipinski definition) is 5. The molecule has 0 aliphatic heterocycles. The molecule has 1 amide bonds. The number of pyridine rings is 2. The van der Waals surface area contributed by atoms with Gasteiger partial charge in [-0.3, -0.25) is 19.9 Å². The molecule has 4 heterocycles. The van der Waals surface area contributed by atoms with Crippen molar-refractivity contribution in [2.24, 2.45) is 5.92 Å². The van der Waals surface area contributed by atoms with Crippen LogP contribution in [0.15, 0.2) is 55.1 Å². The summed E-state index contributed by atoms with van der Waals surface area (Å²) < 4.78 is 0. The molecule has 158 valence electrons. The Morgan fingerprint density at radius 2 is 1.88 bits per heavy atom. The molecule has 0 unspecified atom stereocenters. The third-order valence-corrected chi connectivity index (χ3v) is 6.14. The molecule has 32 heavy (non-hydrogen) atoms. The highest BCUT2D eigenvalue weighted by Gasteiger charge is 2.22. The van der Waals surface area contributed by atoms with Gasteiger partial charge >= 0.3 is 0 Å². The van der Waals surface area contributed by atoms with Crippen molar-refractivity contribution in [2.45, 2.75) is 25.7 Å². The molecule has 4 aromatic heterocycles. The minimum absolute atomic E-state index is 0.0911. The Morgan fingerprint density at radius 3 is 2.75 bits per heavy atom. The summed E-state index contributed by atoms with van der Waals surface area (Å²) in [5.74, 6) is 0.892. The van der Waals surface area contributed by atoms with Crippen molar-refractivity contribution in [3.05, 3.63) is 55.1 Å². The average Bonchev–Trinajstić information content (AvgIpc) is 3.58. The smallest absolute Gasteiger partial charge is 0.227 e. The van der Waals surface area contributed by atoms with Crippen LogP contribution in [-0.2, 0) is 4.79 Å². The van der Waals surface area contributed by atoms with Crippen LogP contribution < -0.4 is 5.32 Å². The van der Waals surface area contributed by atoms with E-state index in [2.05, 4.69) is 41.5 Å². The van der Waals surface area contributed by atoms with Crippen LogP contribution in [0.25, 0.3) is 44.6 Å². The zero-order valence-corrected chi connectivity index (χ0v) is 17.3. The first-order chi connectivity index (χ1) is 15.7. The monoisotopic (exact) mass is 423 g/mol. The summed E-state index contributed by atoms with van der Waals surface area (Å²) in [4.78, 5) is 29.0. The number of anilines is 1. The van der Waals surface area contributed by atoms with Gasteiger partial charge in [0.25, 0.3) is 0 Å². The van der Waals surface area contributed by atoms with Gasteiger partial charge in [0.15, 0.2) is 5.82 Å². The van der Waals surface area contributed by atoms with E-state index in [9.17, 15) is 4.79 Å². The Kier molecular flexibility index (Phi) is 4.41. The second-order valence-electron chi connectivity index (χ2n) is 8.24. The van der Waals surface area contributed by atoms with Crippen molar-refractivity contribution in [3.63, 3.8) is 0 Å². The van der Waals surface area contributed by atoms with Crippen molar-refractivity contribution in [1.82, 2.24) is 30.1 Å². The lowest BCUT2D eigenvalue weighted by molar-refractivity contribution is -0.119. The normalized spacial score (nSPS) is 14.4. The maximum absolute atomic E-state index is 12.5. The van der Waals surface area contributed by atoms with Gasteiger partial charge in [-0.05, 0) is 42.7 Å². The fourth-order valence-corrected chi connectivity index (χ4v) is 4.44. The zero-order valence-electron chi connectivity index (χ0n) is 17.3. The molecular formula is C24H21N7O. The molecule has 6 rings (SSSR count). The summed E-state index contributed by atoms with van der Waals surface area (Å²) in [6.07, 6.45) is 11.2. The Bertz CT molecular complexity index is 1410. The topological polar surface area (TPSA) is 112 Å². The van der Waals surface area contributed by atoms with E-state index < -0.39 is 0 Å². The van der Waals surface area contributed by atoms with Crippen molar-refractivity contribution in [2.75, 3.05) is 5.32 Å². The van der Waals surface area contributed by atoms with Gasteiger partial charge in [0.1, 0.15) is 5.69 Å². The summed E-state index contributed by atoms with van der Waals surface area (Å²) in [6.45, 7) is 0. The number of hydrogen-bond donors (Lipinski definition) is 3. The van der Waals surface area contributed by atoms with Crippen LogP contribution >= 0.6 is 0 Å². The minimum atomic E-state index is 0.0911. The molecular weight excluding hydrogens is 402 g/mol. The van der Waals surface area contributed by atoms with Gasteiger partial charge < -0.3 is 10.3 Å². The highest BCUT2D eigenvalue weighted by Crippen LogP contribution is 2.31. The van der Waals surface area contributed by atoms with E-state index in [4.69, 9.17) is 0 Å². The number of rotatable bonds is 4. The molecule has 8 heteroatoms. The van der Waals surface area contributed by atoms with E-state index in [1.807, 2.05) is 24.3 Å². The number of carbonyl (C=O) groups is 1. The number of benzene rings is 1. The predicted molar refractivity (Wildman–Crippen MR) is 123 cm³/mol. The highest BCUT2D eigenvalue weighted by atomic mass is 16.1. The molecule has 5 aromatic rings. The Labute approximate surface area is 183 Å². The van der Waals surface area contributed by atoms with Crippen LogP contribution in [0.4, 0.5) is 5.69 Å². The summed E-state index contributed by atoms with van der Waals surface area (Å²) in [5.41, 5.74) is 6.01. The van der Waals surface area contributed by atoms with Crippen LogP contribution in [0.5, 0.6) is 0 Å². The molecule has 0 radical (unpaired) electrons. The van der Waals surface area contributed by atoms with Gasteiger partial charge in [-0.2, -0.15) is 5.10 Å². The van der Waals surface area contributed by atoms with Crippen molar-refractivity contribution >= 4 is 33.5 Å². The quantitative estimate of drug-likeness (QED) is 0.388. The van der Waals surface area contributed by atoms with Crippen molar-refractivity contribution < 1.29 is 4.79 Å². The molecule has 3 N–H and O–H groups in total. The molecule has 1 aliphatic rings. The molecule has 8 nitrogen and oxygen atoms in total. The Morgan fingerprint density at radius 1 is 0.969 bits per heavy atom. The fraction of sp³-hybridized carbons (Fsp3) is 0.208. The lowest BCUT2D eigenvalue weighted by Gasteiger charge is -2.11. The van der Waals surface area contributed by atoms with E-state index in [0.717, 1.165) is 70.1 Å². The predicted octanol–water partition coefficient (Wildman–Crippen LogP) is 4.69. The third-order valence-electron chi connectivity index (χ3n) is 6.14. The summed E-state index contributed by atoms with van der Waals surface area (Å²) >= 11 is 0. The largest absolute Gasteiger partial charge is 0.335 e. The Balaban J connectivity index is 1.35. The molecule has 1 fully saturated rings. The van der Waals surface area contributed by atoms with E-state index in [-0.39, 0.29) is 11.8 Å². The van der Waals surface area contributed by atoms with Crippen molar-refractivity contribution in [1.29, 1.82) is 0 Å². The summed E-state index contributed by atoms with van der Waals surface area (Å²) in [6, 6.07) is 9.92. The van der Waals surface area contributed by atoms with Gasteiger partial charge in [0.05, 0.1) is 34.6 Å².